The summed E-state index contributed by atoms with van der Waals surface area (Å²) in [6, 6.07) is 15.3. The molecule has 3 aromatic rings. The number of hydrogen-bond acceptors (Lipinski definition) is 4. The van der Waals surface area contributed by atoms with E-state index in [4.69, 9.17) is 0 Å². The van der Waals surface area contributed by atoms with E-state index in [0.717, 1.165) is 63.2 Å². The fourth-order valence-corrected chi connectivity index (χ4v) is 4.16. The number of aromatic nitrogens is 1. The zero-order valence-electron chi connectivity index (χ0n) is 19.6. The number of benzene rings is 2. The Hall–Kier alpha value is -3.32. The second kappa shape index (κ2) is 10.7. The van der Waals surface area contributed by atoms with Crippen molar-refractivity contribution in [3.05, 3.63) is 89.1 Å². The van der Waals surface area contributed by atoms with E-state index in [0.29, 0.717) is 11.6 Å². The molecule has 2 heterocycles. The van der Waals surface area contributed by atoms with Gasteiger partial charge in [-0.3, -0.25) is 9.69 Å². The molecule has 4 rings (SSSR count). The molecule has 1 amide bonds. The summed E-state index contributed by atoms with van der Waals surface area (Å²) >= 11 is 0. The molecule has 7 heteroatoms. The Morgan fingerprint density at radius 1 is 0.971 bits per heavy atom. The topological polar surface area (TPSA) is 48.5 Å². The van der Waals surface area contributed by atoms with Crippen LogP contribution in [-0.4, -0.2) is 42.0 Å². The first-order chi connectivity index (χ1) is 16.4. The number of carbonyl (C=O) groups is 1. The molecule has 0 aliphatic carbocycles. The summed E-state index contributed by atoms with van der Waals surface area (Å²) in [7, 11) is 0. The molecule has 0 saturated carbocycles. The molecule has 34 heavy (non-hydrogen) atoms. The molecule has 1 saturated heterocycles. The lowest BCUT2D eigenvalue weighted by molar-refractivity contribution is 0.102. The lowest BCUT2D eigenvalue weighted by Gasteiger charge is -2.23. The number of amides is 1. The maximum Gasteiger partial charge on any atom is 0.255 e. The second-order valence-electron chi connectivity index (χ2n) is 9.03. The number of nitrogens with one attached hydrogen (secondary N) is 1. The Labute approximate surface area is 199 Å². The number of hydrogen-bond donors (Lipinski definition) is 1. The monoisotopic (exact) mass is 464 g/mol. The molecule has 5 nitrogen and oxygen atoms in total. The summed E-state index contributed by atoms with van der Waals surface area (Å²) < 4.78 is 26.7. The third-order valence-corrected chi connectivity index (χ3v) is 6.10. The van der Waals surface area contributed by atoms with Crippen LogP contribution in [0.1, 0.15) is 47.7 Å². The molecule has 1 aromatic heterocycles. The van der Waals surface area contributed by atoms with Crippen LogP contribution in [0.3, 0.4) is 0 Å². The van der Waals surface area contributed by atoms with Gasteiger partial charge in [-0.15, -0.1) is 0 Å². The molecule has 0 atom stereocenters. The van der Waals surface area contributed by atoms with E-state index >= 15 is 0 Å². The number of halogens is 2. The minimum atomic E-state index is -0.790. The summed E-state index contributed by atoms with van der Waals surface area (Å²) in [6.45, 7) is 9.09. The molecule has 0 radical (unpaired) electrons. The van der Waals surface area contributed by atoms with Crippen molar-refractivity contribution in [2.45, 2.75) is 32.7 Å². The Kier molecular flexibility index (Phi) is 7.53. The predicted octanol–water partition coefficient (Wildman–Crippen LogP) is 5.45. The third kappa shape index (κ3) is 6.17. The normalized spacial score (nSPS) is 14.8. The van der Waals surface area contributed by atoms with E-state index in [9.17, 15) is 13.6 Å². The Bertz CT molecular complexity index is 1100. The van der Waals surface area contributed by atoms with E-state index in [1.165, 1.54) is 11.1 Å². The lowest BCUT2D eigenvalue weighted by Crippen LogP contribution is -2.31. The van der Waals surface area contributed by atoms with Gasteiger partial charge in [-0.1, -0.05) is 38.1 Å². The molecule has 0 bridgehead atoms. The highest BCUT2D eigenvalue weighted by molar-refractivity contribution is 6.04. The van der Waals surface area contributed by atoms with Crippen LogP contribution in [0.25, 0.3) is 0 Å². The number of carbonyl (C=O) groups excluding carboxylic acids is 1. The number of nitrogens with zero attached hydrogens (tertiary/aromatic N) is 3. The quantitative estimate of drug-likeness (QED) is 0.527. The van der Waals surface area contributed by atoms with E-state index < -0.39 is 17.5 Å². The largest absolute Gasteiger partial charge is 0.355 e. The maximum atomic E-state index is 13.4. The van der Waals surface area contributed by atoms with Crippen LogP contribution in [0.2, 0.25) is 0 Å². The van der Waals surface area contributed by atoms with Gasteiger partial charge in [-0.2, -0.15) is 0 Å². The van der Waals surface area contributed by atoms with Gasteiger partial charge in [0, 0.05) is 44.4 Å². The summed E-state index contributed by atoms with van der Waals surface area (Å²) in [4.78, 5) is 21.5. The van der Waals surface area contributed by atoms with Crippen molar-refractivity contribution in [3.63, 3.8) is 0 Å². The molecular weight excluding hydrogens is 434 g/mol. The Morgan fingerprint density at radius 2 is 1.71 bits per heavy atom. The smallest absolute Gasteiger partial charge is 0.255 e. The Balaban J connectivity index is 1.32. The van der Waals surface area contributed by atoms with Crippen molar-refractivity contribution in [2.75, 3.05) is 36.4 Å². The lowest BCUT2D eigenvalue weighted by atomic mass is 10.0. The van der Waals surface area contributed by atoms with Crippen molar-refractivity contribution < 1.29 is 13.6 Å². The first kappa shape index (κ1) is 23.8. The van der Waals surface area contributed by atoms with E-state index in [-0.39, 0.29) is 5.56 Å². The zero-order valence-corrected chi connectivity index (χ0v) is 19.6. The van der Waals surface area contributed by atoms with E-state index in [2.05, 4.69) is 58.2 Å². The summed E-state index contributed by atoms with van der Waals surface area (Å²) in [5.41, 5.74) is 3.08. The molecule has 178 valence electrons. The SMILES string of the molecule is CC(C)c1ccc(CN2CCCN(c3ccc(NC(=O)c4cc(F)cc(F)c4)cn3)CC2)cc1. The first-order valence-corrected chi connectivity index (χ1v) is 11.7. The molecule has 1 aliphatic rings. The maximum absolute atomic E-state index is 13.4. The van der Waals surface area contributed by atoms with E-state index in [1.54, 1.807) is 12.3 Å². The van der Waals surface area contributed by atoms with Crippen LogP contribution in [0.15, 0.2) is 60.8 Å². The van der Waals surface area contributed by atoms with Gasteiger partial charge in [-0.05, 0) is 47.7 Å². The molecular formula is C27H30F2N4O. The van der Waals surface area contributed by atoms with Gasteiger partial charge in [0.1, 0.15) is 17.5 Å². The van der Waals surface area contributed by atoms with Crippen LogP contribution in [0.4, 0.5) is 20.3 Å². The zero-order chi connectivity index (χ0) is 24.1. The summed E-state index contributed by atoms with van der Waals surface area (Å²) in [5, 5.41) is 2.64. The van der Waals surface area contributed by atoms with Crippen LogP contribution in [-0.2, 0) is 6.54 Å². The summed E-state index contributed by atoms with van der Waals surface area (Å²) in [5.74, 6) is -0.780. The van der Waals surface area contributed by atoms with Crippen LogP contribution < -0.4 is 10.2 Å². The average Bonchev–Trinajstić information content (AvgIpc) is 3.05. The van der Waals surface area contributed by atoms with Crippen molar-refractivity contribution in [1.82, 2.24) is 9.88 Å². The van der Waals surface area contributed by atoms with Crippen molar-refractivity contribution in [2.24, 2.45) is 0 Å². The highest BCUT2D eigenvalue weighted by Crippen LogP contribution is 2.19. The number of rotatable bonds is 6. The van der Waals surface area contributed by atoms with Gasteiger partial charge >= 0.3 is 0 Å². The molecule has 0 unspecified atom stereocenters. The minimum absolute atomic E-state index is 0.0759. The molecule has 1 fully saturated rings. The average molecular weight is 465 g/mol. The van der Waals surface area contributed by atoms with E-state index in [1.807, 2.05) is 6.07 Å². The first-order valence-electron chi connectivity index (χ1n) is 11.7. The fraction of sp³-hybridized carbons (Fsp3) is 0.333. The van der Waals surface area contributed by atoms with Crippen LogP contribution in [0.5, 0.6) is 0 Å². The highest BCUT2D eigenvalue weighted by atomic mass is 19.1. The van der Waals surface area contributed by atoms with Gasteiger partial charge in [0.25, 0.3) is 5.91 Å². The van der Waals surface area contributed by atoms with Gasteiger partial charge in [0.05, 0.1) is 11.9 Å². The van der Waals surface area contributed by atoms with Crippen LogP contribution in [0, 0.1) is 11.6 Å². The highest BCUT2D eigenvalue weighted by Gasteiger charge is 2.17. The van der Waals surface area contributed by atoms with Crippen LogP contribution >= 0.6 is 0 Å². The van der Waals surface area contributed by atoms with Crippen molar-refractivity contribution >= 4 is 17.4 Å². The molecule has 2 aromatic carbocycles. The third-order valence-electron chi connectivity index (χ3n) is 6.10. The molecule has 1 N–H and O–H groups in total. The van der Waals surface area contributed by atoms with Crippen molar-refractivity contribution in [3.8, 4) is 0 Å². The van der Waals surface area contributed by atoms with Gasteiger partial charge in [0.2, 0.25) is 0 Å². The van der Waals surface area contributed by atoms with Gasteiger partial charge in [-0.25, -0.2) is 13.8 Å². The predicted molar refractivity (Wildman–Crippen MR) is 131 cm³/mol. The summed E-state index contributed by atoms with van der Waals surface area (Å²) in [6.07, 6.45) is 2.61. The standard InChI is InChI=1S/C27H30F2N4O/c1-19(2)21-6-4-20(5-7-21)18-32-10-3-11-33(13-12-32)26-9-8-25(17-30-26)31-27(34)22-14-23(28)16-24(29)15-22/h4-9,14-17,19H,3,10-13,18H2,1-2H3,(H,31,34). The number of pyridine rings is 1. The molecule has 0 spiro atoms. The minimum Gasteiger partial charge on any atom is -0.355 e. The van der Waals surface area contributed by atoms with Gasteiger partial charge in [0.15, 0.2) is 0 Å². The second-order valence-corrected chi connectivity index (χ2v) is 9.03. The fourth-order valence-electron chi connectivity index (χ4n) is 4.16. The Morgan fingerprint density at radius 3 is 2.35 bits per heavy atom. The van der Waals surface area contributed by atoms with Crippen molar-refractivity contribution in [1.29, 1.82) is 0 Å². The van der Waals surface area contributed by atoms with Gasteiger partial charge < -0.3 is 10.2 Å². The number of anilines is 2. The molecule has 1 aliphatic heterocycles.